The summed E-state index contributed by atoms with van der Waals surface area (Å²) in [5.74, 6) is -0.461. The van der Waals surface area contributed by atoms with Crippen molar-refractivity contribution in [3.05, 3.63) is 35.6 Å². The normalized spacial score (nSPS) is 15.1. The number of halogens is 4. The molecule has 0 aliphatic carbocycles. The molecule has 0 fully saturated rings. The lowest BCUT2D eigenvalue weighted by Gasteiger charge is -2.24. The summed E-state index contributed by atoms with van der Waals surface area (Å²) in [5.41, 5.74) is 6.16. The van der Waals surface area contributed by atoms with Crippen molar-refractivity contribution < 1.29 is 22.3 Å². The van der Waals surface area contributed by atoms with Gasteiger partial charge in [0.05, 0.1) is 0 Å². The van der Waals surface area contributed by atoms with Crippen LogP contribution >= 0.6 is 0 Å². The van der Waals surface area contributed by atoms with Crippen molar-refractivity contribution >= 4 is 0 Å². The lowest BCUT2D eigenvalue weighted by atomic mass is 10.0. The van der Waals surface area contributed by atoms with E-state index in [4.69, 9.17) is 10.5 Å². The number of hydrogen-bond acceptors (Lipinski definition) is 2. The van der Waals surface area contributed by atoms with E-state index < -0.39 is 30.6 Å². The van der Waals surface area contributed by atoms with E-state index in [-0.39, 0.29) is 18.6 Å². The smallest absolute Gasteiger partial charge is 0.372 e. The third kappa shape index (κ3) is 5.46. The van der Waals surface area contributed by atoms with Crippen molar-refractivity contribution in [1.82, 2.24) is 0 Å². The van der Waals surface area contributed by atoms with Crippen LogP contribution in [0.2, 0.25) is 0 Å². The predicted molar refractivity (Wildman–Crippen MR) is 68.6 cm³/mol. The Labute approximate surface area is 115 Å². The molecule has 6 heteroatoms. The van der Waals surface area contributed by atoms with Gasteiger partial charge in [-0.2, -0.15) is 13.2 Å². The first-order valence-corrected chi connectivity index (χ1v) is 6.53. The van der Waals surface area contributed by atoms with Crippen LogP contribution in [0.5, 0.6) is 0 Å². The molecule has 0 radical (unpaired) electrons. The van der Waals surface area contributed by atoms with Crippen molar-refractivity contribution in [2.45, 2.75) is 44.5 Å². The van der Waals surface area contributed by atoms with Crippen LogP contribution in [0.15, 0.2) is 24.3 Å². The van der Waals surface area contributed by atoms with Gasteiger partial charge in [0.25, 0.3) is 0 Å². The highest BCUT2D eigenvalue weighted by atomic mass is 19.4. The summed E-state index contributed by atoms with van der Waals surface area (Å²) < 4.78 is 55.3. The van der Waals surface area contributed by atoms with Crippen molar-refractivity contribution in [1.29, 1.82) is 0 Å². The number of alkyl halides is 3. The minimum Gasteiger partial charge on any atom is -0.372 e. The Morgan fingerprint density at radius 2 is 1.90 bits per heavy atom. The van der Waals surface area contributed by atoms with Crippen molar-refractivity contribution in [2.75, 3.05) is 6.61 Å². The van der Waals surface area contributed by atoms with Gasteiger partial charge in [-0.05, 0) is 18.9 Å². The Morgan fingerprint density at radius 1 is 1.25 bits per heavy atom. The van der Waals surface area contributed by atoms with Crippen molar-refractivity contribution in [2.24, 2.45) is 5.73 Å². The summed E-state index contributed by atoms with van der Waals surface area (Å²) >= 11 is 0. The molecule has 2 nitrogen and oxygen atoms in total. The van der Waals surface area contributed by atoms with Crippen LogP contribution in [0, 0.1) is 5.82 Å². The minimum atomic E-state index is -4.20. The van der Waals surface area contributed by atoms with Crippen LogP contribution in [0.4, 0.5) is 17.6 Å². The van der Waals surface area contributed by atoms with E-state index in [0.717, 1.165) is 0 Å². The molecule has 0 saturated carbocycles. The summed E-state index contributed by atoms with van der Waals surface area (Å²) in [7, 11) is 0. The molecule has 2 unspecified atom stereocenters. The van der Waals surface area contributed by atoms with E-state index in [0.29, 0.717) is 6.42 Å². The quantitative estimate of drug-likeness (QED) is 0.610. The molecular formula is C14H19F4NO. The van der Waals surface area contributed by atoms with E-state index >= 15 is 0 Å². The summed E-state index contributed by atoms with van der Waals surface area (Å²) in [6.07, 6.45) is -5.47. The Balaban J connectivity index is 2.65. The third-order valence-corrected chi connectivity index (χ3v) is 2.97. The molecule has 0 spiro atoms. The molecule has 0 saturated heterocycles. The van der Waals surface area contributed by atoms with Crippen LogP contribution < -0.4 is 5.73 Å². The number of nitrogens with two attached hydrogens (primary N) is 1. The molecule has 20 heavy (non-hydrogen) atoms. The van der Waals surface area contributed by atoms with E-state index in [1.54, 1.807) is 12.1 Å². The zero-order valence-electron chi connectivity index (χ0n) is 11.3. The van der Waals surface area contributed by atoms with Crippen LogP contribution in [0.1, 0.15) is 37.9 Å². The lowest BCUT2D eigenvalue weighted by molar-refractivity contribution is -0.139. The third-order valence-electron chi connectivity index (χ3n) is 2.97. The number of hydrogen-bond donors (Lipinski definition) is 1. The Bertz CT molecular complexity index is 408. The summed E-state index contributed by atoms with van der Waals surface area (Å²) in [6, 6.07) is 5.55. The summed E-state index contributed by atoms with van der Waals surface area (Å²) in [5, 5.41) is 0. The molecular weight excluding hydrogens is 274 g/mol. The fraction of sp³-hybridized carbons (Fsp3) is 0.571. The molecule has 2 N–H and O–H groups in total. The fourth-order valence-electron chi connectivity index (χ4n) is 1.85. The highest BCUT2D eigenvalue weighted by Crippen LogP contribution is 2.26. The van der Waals surface area contributed by atoms with Crippen LogP contribution in [0.3, 0.4) is 0 Å². The minimum absolute atomic E-state index is 0.105. The molecule has 0 aliphatic heterocycles. The predicted octanol–water partition coefficient (Wildman–Crippen LogP) is 3.96. The Hall–Kier alpha value is -1.14. The first kappa shape index (κ1) is 16.9. The molecule has 1 aromatic carbocycles. The van der Waals surface area contributed by atoms with E-state index in [1.165, 1.54) is 12.1 Å². The maximum atomic E-state index is 13.7. The second-order valence-corrected chi connectivity index (χ2v) is 4.60. The van der Waals surface area contributed by atoms with Gasteiger partial charge in [-0.3, -0.25) is 0 Å². The molecule has 0 bridgehead atoms. The monoisotopic (exact) mass is 293 g/mol. The van der Waals surface area contributed by atoms with Crippen LogP contribution in [-0.4, -0.2) is 18.8 Å². The molecule has 0 amide bonds. The molecule has 1 aromatic rings. The van der Waals surface area contributed by atoms with Gasteiger partial charge >= 0.3 is 6.18 Å². The van der Waals surface area contributed by atoms with Gasteiger partial charge in [-0.25, -0.2) is 4.39 Å². The maximum absolute atomic E-state index is 13.7. The van der Waals surface area contributed by atoms with Gasteiger partial charge in [-0.15, -0.1) is 0 Å². The summed E-state index contributed by atoms with van der Waals surface area (Å²) in [4.78, 5) is 0. The van der Waals surface area contributed by atoms with Gasteiger partial charge in [0.1, 0.15) is 11.9 Å². The molecule has 2 atom stereocenters. The Kier molecular flexibility index (Phi) is 6.42. The van der Waals surface area contributed by atoms with E-state index in [2.05, 4.69) is 0 Å². The highest BCUT2D eigenvalue weighted by molar-refractivity contribution is 5.21. The number of rotatable bonds is 7. The SMILES string of the molecule is CCC(N)C(OCCCC(F)(F)F)c1ccccc1F. The van der Waals surface area contributed by atoms with Gasteiger partial charge in [0.15, 0.2) is 0 Å². The average molecular weight is 293 g/mol. The second kappa shape index (κ2) is 7.59. The molecule has 0 heterocycles. The topological polar surface area (TPSA) is 35.2 Å². The highest BCUT2D eigenvalue weighted by Gasteiger charge is 2.27. The fourth-order valence-corrected chi connectivity index (χ4v) is 1.85. The Morgan fingerprint density at radius 3 is 2.45 bits per heavy atom. The van der Waals surface area contributed by atoms with E-state index in [9.17, 15) is 17.6 Å². The van der Waals surface area contributed by atoms with Gasteiger partial charge in [-0.1, -0.05) is 25.1 Å². The van der Waals surface area contributed by atoms with Crippen molar-refractivity contribution in [3.8, 4) is 0 Å². The maximum Gasteiger partial charge on any atom is 0.389 e. The summed E-state index contributed by atoms with van der Waals surface area (Å²) in [6.45, 7) is 1.71. The molecule has 0 aromatic heterocycles. The second-order valence-electron chi connectivity index (χ2n) is 4.60. The van der Waals surface area contributed by atoms with Crippen molar-refractivity contribution in [3.63, 3.8) is 0 Å². The van der Waals surface area contributed by atoms with Gasteiger partial charge in [0.2, 0.25) is 0 Å². The first-order chi connectivity index (χ1) is 9.35. The number of ether oxygens (including phenoxy) is 1. The number of benzene rings is 1. The van der Waals surface area contributed by atoms with Crippen LogP contribution in [-0.2, 0) is 4.74 Å². The zero-order chi connectivity index (χ0) is 15.2. The lowest BCUT2D eigenvalue weighted by Crippen LogP contribution is -2.30. The first-order valence-electron chi connectivity index (χ1n) is 6.53. The molecule has 0 aliphatic rings. The van der Waals surface area contributed by atoms with E-state index in [1.807, 2.05) is 6.92 Å². The standard InChI is InChI=1S/C14H19F4NO/c1-2-12(19)13(10-6-3-4-7-11(10)15)20-9-5-8-14(16,17)18/h3-4,6-7,12-13H,2,5,8-9,19H2,1H3. The average Bonchev–Trinajstić information content (AvgIpc) is 2.38. The van der Waals surface area contributed by atoms with Gasteiger partial charge < -0.3 is 10.5 Å². The molecule has 1 rings (SSSR count). The van der Waals surface area contributed by atoms with Crippen LogP contribution in [0.25, 0.3) is 0 Å². The van der Waals surface area contributed by atoms with Gasteiger partial charge in [0, 0.05) is 24.6 Å². The molecule has 114 valence electrons. The zero-order valence-corrected chi connectivity index (χ0v) is 11.3. The largest absolute Gasteiger partial charge is 0.389 e.